The van der Waals surface area contributed by atoms with E-state index in [2.05, 4.69) is 148 Å². The molecule has 4 aromatic carbocycles. The molecule has 0 N–H and O–H groups in total. The SMILES string of the molecule is CC(C)(C)c1cn(-c2ccc3oc4ccc(-n5cc(C(C)(C)C)c6ccccc65)cc4c3c2)c2ccccc12. The standard InChI is InChI=1S/C36H34N2O/c1-35(2,3)29-21-37(31-13-9-7-11-25(29)31)23-15-17-33-27(19-23)28-20-24(16-18-34(28)39-33)38-22-30(36(4,5)6)26-12-8-10-14-32(26)38/h7-22H,1-6H3. The lowest BCUT2D eigenvalue weighted by Gasteiger charge is -2.17. The topological polar surface area (TPSA) is 23.0 Å². The van der Waals surface area contributed by atoms with Gasteiger partial charge in [0.25, 0.3) is 0 Å². The number of rotatable bonds is 2. The lowest BCUT2D eigenvalue weighted by Crippen LogP contribution is -2.10. The fourth-order valence-electron chi connectivity index (χ4n) is 6.03. The minimum Gasteiger partial charge on any atom is -0.456 e. The van der Waals surface area contributed by atoms with Gasteiger partial charge in [-0.3, -0.25) is 0 Å². The fraction of sp³-hybridized carbons (Fsp3) is 0.222. The molecule has 0 aliphatic rings. The molecule has 3 aromatic heterocycles. The van der Waals surface area contributed by atoms with Crippen molar-refractivity contribution in [2.45, 2.75) is 52.4 Å². The molecule has 0 aliphatic heterocycles. The first-order valence-corrected chi connectivity index (χ1v) is 13.8. The van der Waals surface area contributed by atoms with Crippen LogP contribution in [0.25, 0.3) is 55.1 Å². The molecule has 0 aliphatic carbocycles. The third kappa shape index (κ3) is 3.71. The maximum atomic E-state index is 6.31. The summed E-state index contributed by atoms with van der Waals surface area (Å²) >= 11 is 0. The normalized spacial score (nSPS) is 12.9. The van der Waals surface area contributed by atoms with Crippen molar-refractivity contribution in [3.63, 3.8) is 0 Å². The first-order valence-electron chi connectivity index (χ1n) is 13.8. The molecule has 0 bridgehead atoms. The van der Waals surface area contributed by atoms with Crippen molar-refractivity contribution in [3.8, 4) is 11.4 Å². The zero-order chi connectivity index (χ0) is 27.1. The number of aromatic nitrogens is 2. The Bertz CT molecular complexity index is 1890. The van der Waals surface area contributed by atoms with Crippen LogP contribution in [0, 0.1) is 0 Å². The van der Waals surface area contributed by atoms with E-state index >= 15 is 0 Å². The molecule has 7 aromatic rings. The number of hydrogen-bond donors (Lipinski definition) is 0. The molecule has 0 fully saturated rings. The summed E-state index contributed by atoms with van der Waals surface area (Å²) < 4.78 is 11.0. The second kappa shape index (κ2) is 8.13. The Morgan fingerprint density at radius 1 is 0.487 bits per heavy atom. The Hall–Kier alpha value is -4.24. The highest BCUT2D eigenvalue weighted by atomic mass is 16.3. The van der Waals surface area contributed by atoms with E-state index < -0.39 is 0 Å². The maximum absolute atomic E-state index is 6.31. The van der Waals surface area contributed by atoms with Gasteiger partial charge in [0.1, 0.15) is 11.2 Å². The summed E-state index contributed by atoms with van der Waals surface area (Å²) in [6, 6.07) is 30.5. The van der Waals surface area contributed by atoms with Crippen LogP contribution in [-0.4, -0.2) is 9.13 Å². The van der Waals surface area contributed by atoms with Gasteiger partial charge in [0.15, 0.2) is 0 Å². The first-order chi connectivity index (χ1) is 18.6. The van der Waals surface area contributed by atoms with Crippen LogP contribution in [0.1, 0.15) is 52.7 Å². The first kappa shape index (κ1) is 23.8. The van der Waals surface area contributed by atoms with Gasteiger partial charge in [0.05, 0.1) is 11.0 Å². The van der Waals surface area contributed by atoms with E-state index in [1.165, 1.54) is 32.9 Å². The summed E-state index contributed by atoms with van der Waals surface area (Å²) in [6.45, 7) is 13.7. The van der Waals surface area contributed by atoms with Gasteiger partial charge in [-0.05, 0) is 70.5 Å². The van der Waals surface area contributed by atoms with Crippen LogP contribution >= 0.6 is 0 Å². The van der Waals surface area contributed by atoms with E-state index in [1.807, 2.05) is 0 Å². The van der Waals surface area contributed by atoms with Crippen molar-refractivity contribution < 1.29 is 4.42 Å². The molecule has 3 nitrogen and oxygen atoms in total. The van der Waals surface area contributed by atoms with Crippen molar-refractivity contribution >= 4 is 43.7 Å². The Balaban J connectivity index is 1.44. The second-order valence-corrected chi connectivity index (χ2v) is 12.8. The highest BCUT2D eigenvalue weighted by Crippen LogP contribution is 2.38. The highest BCUT2D eigenvalue weighted by molar-refractivity contribution is 6.06. The summed E-state index contributed by atoms with van der Waals surface area (Å²) in [7, 11) is 0. The molecule has 0 spiro atoms. The second-order valence-electron chi connectivity index (χ2n) is 12.8. The molecule has 0 amide bonds. The van der Waals surface area contributed by atoms with Gasteiger partial charge in [0.2, 0.25) is 0 Å². The molecule has 0 atom stereocenters. The van der Waals surface area contributed by atoms with Gasteiger partial charge >= 0.3 is 0 Å². The van der Waals surface area contributed by atoms with Crippen LogP contribution in [0.5, 0.6) is 0 Å². The van der Waals surface area contributed by atoms with Crippen molar-refractivity contribution in [1.29, 1.82) is 0 Å². The molecule has 0 saturated heterocycles. The van der Waals surface area contributed by atoms with Gasteiger partial charge in [0, 0.05) is 45.3 Å². The molecule has 0 radical (unpaired) electrons. The van der Waals surface area contributed by atoms with Crippen LogP contribution in [-0.2, 0) is 10.8 Å². The highest BCUT2D eigenvalue weighted by Gasteiger charge is 2.22. The number of hydrogen-bond acceptors (Lipinski definition) is 1. The van der Waals surface area contributed by atoms with Crippen LogP contribution in [0.2, 0.25) is 0 Å². The van der Waals surface area contributed by atoms with E-state index in [0.717, 1.165) is 33.3 Å². The molecular formula is C36H34N2O. The third-order valence-corrected chi connectivity index (χ3v) is 8.03. The van der Waals surface area contributed by atoms with E-state index in [4.69, 9.17) is 4.42 Å². The van der Waals surface area contributed by atoms with Crippen LogP contribution < -0.4 is 0 Å². The zero-order valence-corrected chi connectivity index (χ0v) is 23.5. The Labute approximate surface area is 229 Å². The number of fused-ring (bicyclic) bond motifs is 5. The number of para-hydroxylation sites is 2. The molecule has 0 unspecified atom stereocenters. The van der Waals surface area contributed by atoms with Crippen molar-refractivity contribution in [2.75, 3.05) is 0 Å². The van der Waals surface area contributed by atoms with Crippen molar-refractivity contribution in [1.82, 2.24) is 9.13 Å². The van der Waals surface area contributed by atoms with Gasteiger partial charge < -0.3 is 13.6 Å². The van der Waals surface area contributed by atoms with Gasteiger partial charge in [-0.25, -0.2) is 0 Å². The maximum Gasteiger partial charge on any atom is 0.135 e. The summed E-state index contributed by atoms with van der Waals surface area (Å²) in [4.78, 5) is 0. The van der Waals surface area contributed by atoms with Crippen LogP contribution in [0.3, 0.4) is 0 Å². The van der Waals surface area contributed by atoms with Crippen LogP contribution in [0.15, 0.2) is 102 Å². The van der Waals surface area contributed by atoms with E-state index in [-0.39, 0.29) is 10.8 Å². The molecular weight excluding hydrogens is 476 g/mol. The average Bonchev–Trinajstić information content (AvgIpc) is 3.59. The van der Waals surface area contributed by atoms with E-state index in [0.29, 0.717) is 0 Å². The number of furan rings is 1. The largest absolute Gasteiger partial charge is 0.456 e. The molecule has 7 rings (SSSR count). The third-order valence-electron chi connectivity index (χ3n) is 8.03. The van der Waals surface area contributed by atoms with E-state index in [1.54, 1.807) is 0 Å². The molecule has 3 heterocycles. The lowest BCUT2D eigenvalue weighted by molar-refractivity contribution is 0.594. The number of benzene rings is 4. The van der Waals surface area contributed by atoms with Crippen molar-refractivity contribution in [3.05, 3.63) is 108 Å². The summed E-state index contributed by atoms with van der Waals surface area (Å²) in [6.07, 6.45) is 4.61. The van der Waals surface area contributed by atoms with Crippen molar-refractivity contribution in [2.24, 2.45) is 0 Å². The number of nitrogens with zero attached hydrogens (tertiary/aromatic N) is 2. The van der Waals surface area contributed by atoms with Gasteiger partial charge in [-0.15, -0.1) is 0 Å². The van der Waals surface area contributed by atoms with E-state index in [9.17, 15) is 0 Å². The van der Waals surface area contributed by atoms with Gasteiger partial charge in [-0.1, -0.05) is 77.9 Å². The summed E-state index contributed by atoms with van der Waals surface area (Å²) in [5, 5.41) is 4.87. The molecule has 39 heavy (non-hydrogen) atoms. The molecule has 0 saturated carbocycles. The molecule has 3 heteroatoms. The van der Waals surface area contributed by atoms with Crippen LogP contribution in [0.4, 0.5) is 0 Å². The lowest BCUT2D eigenvalue weighted by atomic mass is 9.87. The summed E-state index contributed by atoms with van der Waals surface area (Å²) in [5.74, 6) is 0. The fourth-order valence-corrected chi connectivity index (χ4v) is 6.03. The average molecular weight is 511 g/mol. The minimum absolute atomic E-state index is 0.0532. The Morgan fingerprint density at radius 2 is 0.897 bits per heavy atom. The predicted octanol–water partition coefficient (Wildman–Crippen LogP) is 10.1. The monoisotopic (exact) mass is 510 g/mol. The predicted molar refractivity (Wildman–Crippen MR) is 165 cm³/mol. The Kier molecular flexibility index (Phi) is 4.97. The zero-order valence-electron chi connectivity index (χ0n) is 23.5. The Morgan fingerprint density at radius 3 is 1.31 bits per heavy atom. The minimum atomic E-state index is 0.0532. The van der Waals surface area contributed by atoms with Gasteiger partial charge in [-0.2, -0.15) is 0 Å². The smallest absolute Gasteiger partial charge is 0.135 e. The summed E-state index contributed by atoms with van der Waals surface area (Å²) in [5.41, 5.74) is 9.37. The molecule has 194 valence electrons. The quantitative estimate of drug-likeness (QED) is 0.227.